The Balaban J connectivity index is 2.84. The minimum absolute atomic E-state index is 0.00597. The molecule has 1 amide bonds. The van der Waals surface area contributed by atoms with E-state index in [-0.39, 0.29) is 16.7 Å². The zero-order chi connectivity index (χ0) is 15.3. The van der Waals surface area contributed by atoms with Crippen molar-refractivity contribution in [2.45, 2.75) is 34.1 Å². The lowest BCUT2D eigenvalue weighted by Gasteiger charge is -2.22. The van der Waals surface area contributed by atoms with Gasteiger partial charge in [0.2, 0.25) is 0 Å². The number of nitrogens with one attached hydrogen (secondary N) is 2. The van der Waals surface area contributed by atoms with Crippen molar-refractivity contribution in [1.29, 1.82) is 0 Å². The SMILES string of the molecule is CCNc1c(F)cc(C(=O)NCC(C)(C)CC)cc1F. The number of carbonyl (C=O) groups excluding carboxylic acids is 1. The highest BCUT2D eigenvalue weighted by Gasteiger charge is 2.19. The highest BCUT2D eigenvalue weighted by molar-refractivity contribution is 5.94. The fraction of sp³-hybridized carbons (Fsp3) is 0.533. The van der Waals surface area contributed by atoms with Gasteiger partial charge in [-0.1, -0.05) is 20.8 Å². The van der Waals surface area contributed by atoms with Gasteiger partial charge in [-0.2, -0.15) is 0 Å². The van der Waals surface area contributed by atoms with Gasteiger partial charge >= 0.3 is 0 Å². The molecule has 0 atom stereocenters. The first-order valence-corrected chi connectivity index (χ1v) is 6.82. The molecule has 0 spiro atoms. The molecule has 20 heavy (non-hydrogen) atoms. The quantitative estimate of drug-likeness (QED) is 0.838. The summed E-state index contributed by atoms with van der Waals surface area (Å²) in [5.41, 5.74) is -0.248. The van der Waals surface area contributed by atoms with Crippen LogP contribution in [0.3, 0.4) is 0 Å². The summed E-state index contributed by atoms with van der Waals surface area (Å²) in [7, 11) is 0. The van der Waals surface area contributed by atoms with Gasteiger partial charge < -0.3 is 10.6 Å². The van der Waals surface area contributed by atoms with Gasteiger partial charge in [-0.3, -0.25) is 4.79 Å². The number of rotatable bonds is 6. The van der Waals surface area contributed by atoms with E-state index in [4.69, 9.17) is 0 Å². The number of amides is 1. The molecule has 0 aliphatic rings. The van der Waals surface area contributed by atoms with Crippen LogP contribution in [0.25, 0.3) is 0 Å². The summed E-state index contributed by atoms with van der Waals surface area (Å²) in [4.78, 5) is 11.9. The van der Waals surface area contributed by atoms with E-state index < -0.39 is 17.5 Å². The molecular weight excluding hydrogens is 262 g/mol. The van der Waals surface area contributed by atoms with Crippen molar-refractivity contribution in [3.8, 4) is 0 Å². The molecule has 5 heteroatoms. The number of anilines is 1. The van der Waals surface area contributed by atoms with Gasteiger partial charge in [0.1, 0.15) is 17.3 Å². The fourth-order valence-electron chi connectivity index (χ4n) is 1.60. The Labute approximate surface area is 118 Å². The average Bonchev–Trinajstić information content (AvgIpc) is 2.40. The molecule has 0 saturated carbocycles. The fourth-order valence-corrected chi connectivity index (χ4v) is 1.60. The first-order chi connectivity index (χ1) is 9.30. The molecule has 1 aromatic rings. The molecule has 0 radical (unpaired) electrons. The Morgan fingerprint density at radius 1 is 1.20 bits per heavy atom. The Bertz CT molecular complexity index is 464. The molecule has 0 bridgehead atoms. The molecule has 0 aromatic heterocycles. The summed E-state index contributed by atoms with van der Waals surface area (Å²) in [6.45, 7) is 8.67. The van der Waals surface area contributed by atoms with Crippen LogP contribution in [0.4, 0.5) is 14.5 Å². The highest BCUT2D eigenvalue weighted by atomic mass is 19.1. The lowest BCUT2D eigenvalue weighted by atomic mass is 9.90. The maximum absolute atomic E-state index is 13.7. The van der Waals surface area contributed by atoms with Crippen molar-refractivity contribution in [3.05, 3.63) is 29.3 Å². The van der Waals surface area contributed by atoms with Crippen LogP contribution in [0.1, 0.15) is 44.5 Å². The zero-order valence-electron chi connectivity index (χ0n) is 12.4. The van der Waals surface area contributed by atoms with Crippen molar-refractivity contribution < 1.29 is 13.6 Å². The standard InChI is InChI=1S/C15H22F2N2O/c1-5-15(3,4)9-19-14(20)10-7-11(16)13(18-6-2)12(17)8-10/h7-8,18H,5-6,9H2,1-4H3,(H,19,20). The first-order valence-electron chi connectivity index (χ1n) is 6.82. The van der Waals surface area contributed by atoms with Crippen LogP contribution >= 0.6 is 0 Å². The lowest BCUT2D eigenvalue weighted by Crippen LogP contribution is -2.33. The molecule has 2 N–H and O–H groups in total. The topological polar surface area (TPSA) is 41.1 Å². The summed E-state index contributed by atoms with van der Waals surface area (Å²) >= 11 is 0. The molecule has 0 heterocycles. The van der Waals surface area contributed by atoms with E-state index in [1.807, 2.05) is 20.8 Å². The lowest BCUT2D eigenvalue weighted by molar-refractivity contribution is 0.0935. The van der Waals surface area contributed by atoms with Crippen LogP contribution in [0, 0.1) is 17.0 Å². The van der Waals surface area contributed by atoms with E-state index in [2.05, 4.69) is 10.6 Å². The Morgan fingerprint density at radius 3 is 2.20 bits per heavy atom. The van der Waals surface area contributed by atoms with Crippen molar-refractivity contribution in [2.75, 3.05) is 18.4 Å². The minimum Gasteiger partial charge on any atom is -0.381 e. The summed E-state index contributed by atoms with van der Waals surface area (Å²) in [6, 6.07) is 2.10. The first kappa shape index (κ1) is 16.4. The predicted molar refractivity (Wildman–Crippen MR) is 76.9 cm³/mol. The molecule has 112 valence electrons. The van der Waals surface area contributed by atoms with Gasteiger partial charge in [0, 0.05) is 18.7 Å². The van der Waals surface area contributed by atoms with Gasteiger partial charge in [-0.05, 0) is 30.9 Å². The normalized spacial score (nSPS) is 11.3. The van der Waals surface area contributed by atoms with Crippen LogP contribution in [-0.2, 0) is 0 Å². The Morgan fingerprint density at radius 2 is 1.75 bits per heavy atom. The Kier molecular flexibility index (Phi) is 5.48. The smallest absolute Gasteiger partial charge is 0.251 e. The van der Waals surface area contributed by atoms with Crippen LogP contribution in [-0.4, -0.2) is 19.0 Å². The molecule has 3 nitrogen and oxygen atoms in total. The largest absolute Gasteiger partial charge is 0.381 e. The zero-order valence-corrected chi connectivity index (χ0v) is 12.4. The average molecular weight is 284 g/mol. The van der Waals surface area contributed by atoms with E-state index in [0.29, 0.717) is 13.1 Å². The Hall–Kier alpha value is -1.65. The third-order valence-electron chi connectivity index (χ3n) is 3.34. The molecule has 0 unspecified atom stereocenters. The maximum Gasteiger partial charge on any atom is 0.251 e. The minimum atomic E-state index is -0.758. The van der Waals surface area contributed by atoms with E-state index in [0.717, 1.165) is 18.6 Å². The highest BCUT2D eigenvalue weighted by Crippen LogP contribution is 2.21. The third kappa shape index (κ3) is 4.18. The summed E-state index contributed by atoms with van der Waals surface area (Å²) in [6.07, 6.45) is 0.898. The van der Waals surface area contributed by atoms with Crippen molar-refractivity contribution in [2.24, 2.45) is 5.41 Å². The summed E-state index contributed by atoms with van der Waals surface area (Å²) in [5, 5.41) is 5.30. The van der Waals surface area contributed by atoms with E-state index in [1.165, 1.54) is 0 Å². The summed E-state index contributed by atoms with van der Waals surface area (Å²) < 4.78 is 27.4. The van der Waals surface area contributed by atoms with Crippen molar-refractivity contribution in [1.82, 2.24) is 5.32 Å². The number of hydrogen-bond donors (Lipinski definition) is 2. The molecule has 1 rings (SSSR count). The van der Waals surface area contributed by atoms with E-state index in [1.54, 1.807) is 6.92 Å². The second-order valence-corrected chi connectivity index (χ2v) is 5.55. The second kappa shape index (κ2) is 6.68. The molecule has 0 saturated heterocycles. The predicted octanol–water partition coefficient (Wildman–Crippen LogP) is 3.56. The molecule has 0 fully saturated rings. The van der Waals surface area contributed by atoms with Crippen LogP contribution in [0.2, 0.25) is 0 Å². The second-order valence-electron chi connectivity index (χ2n) is 5.55. The van der Waals surface area contributed by atoms with E-state index in [9.17, 15) is 13.6 Å². The number of carbonyl (C=O) groups is 1. The molecule has 1 aromatic carbocycles. The molecular formula is C15H22F2N2O. The van der Waals surface area contributed by atoms with Crippen LogP contribution < -0.4 is 10.6 Å². The van der Waals surface area contributed by atoms with Crippen LogP contribution in [0.15, 0.2) is 12.1 Å². The monoisotopic (exact) mass is 284 g/mol. The van der Waals surface area contributed by atoms with Gasteiger partial charge in [0.25, 0.3) is 5.91 Å². The van der Waals surface area contributed by atoms with E-state index >= 15 is 0 Å². The molecule has 0 aliphatic heterocycles. The van der Waals surface area contributed by atoms with Gasteiger partial charge in [0.05, 0.1) is 0 Å². The van der Waals surface area contributed by atoms with Crippen molar-refractivity contribution in [3.63, 3.8) is 0 Å². The number of halogens is 2. The van der Waals surface area contributed by atoms with Crippen molar-refractivity contribution >= 4 is 11.6 Å². The molecule has 0 aliphatic carbocycles. The number of benzene rings is 1. The van der Waals surface area contributed by atoms with Crippen LogP contribution in [0.5, 0.6) is 0 Å². The van der Waals surface area contributed by atoms with Gasteiger partial charge in [0.15, 0.2) is 0 Å². The van der Waals surface area contributed by atoms with Gasteiger partial charge in [-0.15, -0.1) is 0 Å². The summed E-state index contributed by atoms with van der Waals surface area (Å²) in [5.74, 6) is -1.98. The third-order valence-corrected chi connectivity index (χ3v) is 3.34. The maximum atomic E-state index is 13.7. The van der Waals surface area contributed by atoms with Gasteiger partial charge in [-0.25, -0.2) is 8.78 Å². The number of hydrogen-bond acceptors (Lipinski definition) is 2.